The smallest absolute Gasteiger partial charge is 0.330 e. The van der Waals surface area contributed by atoms with Crippen molar-refractivity contribution in [2.75, 3.05) is 6.61 Å². The van der Waals surface area contributed by atoms with Crippen molar-refractivity contribution in [1.29, 1.82) is 0 Å². The van der Waals surface area contributed by atoms with E-state index in [0.717, 1.165) is 23.8 Å². The predicted molar refractivity (Wildman–Crippen MR) is 78.8 cm³/mol. The van der Waals surface area contributed by atoms with Gasteiger partial charge in [-0.15, -0.1) is 0 Å². The van der Waals surface area contributed by atoms with Crippen LogP contribution in [0.5, 0.6) is 0 Å². The van der Waals surface area contributed by atoms with Crippen molar-refractivity contribution in [3.05, 3.63) is 38.7 Å². The lowest BCUT2D eigenvalue weighted by Gasteiger charge is -2.21. The number of carbonyl (C=O) groups is 1. The van der Waals surface area contributed by atoms with E-state index in [-0.39, 0.29) is 5.56 Å². The number of ether oxygens (including phenoxy) is 1. The van der Waals surface area contributed by atoms with Gasteiger partial charge in [0, 0.05) is 39.4 Å². The number of hydroxylamine groups is 1. The summed E-state index contributed by atoms with van der Waals surface area (Å²) in [6, 6.07) is 0. The highest BCUT2D eigenvalue weighted by Crippen LogP contribution is 2.12. The topological polar surface area (TPSA) is 91.6 Å². The summed E-state index contributed by atoms with van der Waals surface area (Å²) in [5.41, 5.74) is 1.59. The molecule has 1 aromatic rings. The van der Waals surface area contributed by atoms with E-state index in [1.165, 1.54) is 37.0 Å². The molecule has 8 nitrogen and oxygen atoms in total. The molecule has 0 aliphatic carbocycles. The van der Waals surface area contributed by atoms with Crippen LogP contribution in [0.25, 0.3) is 6.08 Å². The Morgan fingerprint density at radius 2 is 2.18 bits per heavy atom. The SMILES string of the molecule is Cn1cc(/C=C\C(=O)NO[C@@H]2CCCCO2)c(=O)n(C)c1=O. The number of hydrogen-bond donors (Lipinski definition) is 1. The summed E-state index contributed by atoms with van der Waals surface area (Å²) < 4.78 is 7.55. The highest BCUT2D eigenvalue weighted by Gasteiger charge is 2.15. The molecule has 2 heterocycles. The summed E-state index contributed by atoms with van der Waals surface area (Å²) in [6.07, 6.45) is 6.15. The predicted octanol–water partition coefficient (Wildman–Crippen LogP) is -0.328. The number of carbonyl (C=O) groups excluding carboxylic acids is 1. The van der Waals surface area contributed by atoms with E-state index in [9.17, 15) is 14.4 Å². The Kier molecular flexibility index (Phi) is 5.29. The first kappa shape index (κ1) is 16.2. The van der Waals surface area contributed by atoms with E-state index in [1.807, 2.05) is 0 Å². The third-order valence-corrected chi connectivity index (χ3v) is 3.32. The van der Waals surface area contributed by atoms with E-state index >= 15 is 0 Å². The van der Waals surface area contributed by atoms with Crippen LogP contribution in [0.3, 0.4) is 0 Å². The van der Waals surface area contributed by atoms with Crippen LogP contribution in [0, 0.1) is 0 Å². The first-order valence-electron chi connectivity index (χ1n) is 7.01. The van der Waals surface area contributed by atoms with Crippen LogP contribution in [-0.2, 0) is 28.5 Å². The Bertz CT molecular complexity index is 683. The van der Waals surface area contributed by atoms with Crippen molar-refractivity contribution in [1.82, 2.24) is 14.6 Å². The van der Waals surface area contributed by atoms with Crippen molar-refractivity contribution < 1.29 is 14.4 Å². The first-order valence-corrected chi connectivity index (χ1v) is 7.01. The maximum atomic E-state index is 11.9. The van der Waals surface area contributed by atoms with Crippen molar-refractivity contribution in [3.8, 4) is 0 Å². The lowest BCUT2D eigenvalue weighted by atomic mass is 10.2. The lowest BCUT2D eigenvalue weighted by Crippen LogP contribution is -2.37. The summed E-state index contributed by atoms with van der Waals surface area (Å²) in [6.45, 7) is 0.616. The molecule has 8 heteroatoms. The minimum absolute atomic E-state index is 0.230. The fourth-order valence-electron chi connectivity index (χ4n) is 2.08. The summed E-state index contributed by atoms with van der Waals surface area (Å²) in [5.74, 6) is -0.509. The van der Waals surface area contributed by atoms with Gasteiger partial charge in [0.1, 0.15) is 0 Å². The number of amides is 1. The fourth-order valence-corrected chi connectivity index (χ4v) is 2.08. The van der Waals surface area contributed by atoms with Gasteiger partial charge in [-0.3, -0.25) is 14.2 Å². The molecule has 1 fully saturated rings. The molecule has 1 aliphatic rings. The zero-order valence-corrected chi connectivity index (χ0v) is 12.6. The highest BCUT2D eigenvalue weighted by atomic mass is 16.8. The van der Waals surface area contributed by atoms with Gasteiger partial charge in [-0.1, -0.05) is 0 Å². The molecule has 0 radical (unpaired) electrons. The zero-order chi connectivity index (χ0) is 16.1. The summed E-state index contributed by atoms with van der Waals surface area (Å²) in [5, 5.41) is 0. The van der Waals surface area contributed by atoms with Crippen molar-refractivity contribution in [2.45, 2.75) is 25.6 Å². The Hall–Kier alpha value is -2.19. The van der Waals surface area contributed by atoms with E-state index in [2.05, 4.69) is 5.48 Å². The summed E-state index contributed by atoms with van der Waals surface area (Å²) >= 11 is 0. The molecule has 1 amide bonds. The Morgan fingerprint density at radius 3 is 2.86 bits per heavy atom. The molecule has 0 bridgehead atoms. The Balaban J connectivity index is 1.98. The van der Waals surface area contributed by atoms with Crippen LogP contribution in [-0.4, -0.2) is 27.9 Å². The normalized spacial score (nSPS) is 18.5. The Morgan fingerprint density at radius 1 is 1.41 bits per heavy atom. The standard InChI is InChI=1S/C14H19N3O5/c1-16-9-10(13(19)17(2)14(16)20)6-7-11(18)15-22-12-5-3-4-8-21-12/h6-7,9,12H,3-5,8H2,1-2H3,(H,15,18)/b7-6-/t12-/m1/s1. The van der Waals surface area contributed by atoms with Crippen LogP contribution in [0.4, 0.5) is 0 Å². The van der Waals surface area contributed by atoms with Gasteiger partial charge in [0.05, 0.1) is 5.56 Å². The van der Waals surface area contributed by atoms with E-state index in [1.54, 1.807) is 0 Å². The van der Waals surface area contributed by atoms with Crippen LogP contribution in [0.2, 0.25) is 0 Å². The van der Waals surface area contributed by atoms with Gasteiger partial charge in [0.25, 0.3) is 11.5 Å². The first-order chi connectivity index (χ1) is 10.5. The molecule has 0 saturated carbocycles. The maximum absolute atomic E-state index is 11.9. The van der Waals surface area contributed by atoms with Gasteiger partial charge >= 0.3 is 5.69 Å². The number of rotatable bonds is 4. The van der Waals surface area contributed by atoms with Crippen LogP contribution >= 0.6 is 0 Å². The third kappa shape index (κ3) is 3.92. The largest absolute Gasteiger partial charge is 0.350 e. The number of aryl methyl sites for hydroxylation is 1. The maximum Gasteiger partial charge on any atom is 0.330 e. The molecular formula is C14H19N3O5. The molecule has 0 spiro atoms. The van der Waals surface area contributed by atoms with Crippen molar-refractivity contribution >= 4 is 12.0 Å². The van der Waals surface area contributed by atoms with Crippen molar-refractivity contribution in [3.63, 3.8) is 0 Å². The van der Waals surface area contributed by atoms with E-state index in [0.29, 0.717) is 6.61 Å². The number of nitrogens with zero attached hydrogens (tertiary/aromatic N) is 2. The molecule has 1 aromatic heterocycles. The van der Waals surface area contributed by atoms with Crippen LogP contribution in [0.15, 0.2) is 21.9 Å². The molecule has 0 aromatic carbocycles. The molecular weight excluding hydrogens is 290 g/mol. The van der Waals surface area contributed by atoms with E-state index in [4.69, 9.17) is 9.57 Å². The number of hydrogen-bond acceptors (Lipinski definition) is 5. The minimum atomic E-state index is -0.509. The zero-order valence-electron chi connectivity index (χ0n) is 12.6. The average molecular weight is 309 g/mol. The van der Waals surface area contributed by atoms with Gasteiger partial charge in [-0.2, -0.15) is 0 Å². The van der Waals surface area contributed by atoms with Gasteiger partial charge in [-0.05, 0) is 18.9 Å². The van der Waals surface area contributed by atoms with Crippen LogP contribution < -0.4 is 16.7 Å². The third-order valence-electron chi connectivity index (χ3n) is 3.32. The van der Waals surface area contributed by atoms with E-state index < -0.39 is 23.4 Å². The molecule has 1 saturated heterocycles. The average Bonchev–Trinajstić information content (AvgIpc) is 2.54. The second-order valence-electron chi connectivity index (χ2n) is 5.06. The van der Waals surface area contributed by atoms with Crippen LogP contribution in [0.1, 0.15) is 24.8 Å². The second kappa shape index (κ2) is 7.19. The molecule has 1 N–H and O–H groups in total. The minimum Gasteiger partial charge on any atom is -0.350 e. The van der Waals surface area contributed by atoms with Gasteiger partial charge in [0.15, 0.2) is 6.29 Å². The molecule has 2 rings (SSSR count). The van der Waals surface area contributed by atoms with Gasteiger partial charge in [0.2, 0.25) is 0 Å². The Labute approximate surface area is 126 Å². The fraction of sp³-hybridized carbons (Fsp3) is 0.500. The molecule has 1 aliphatic heterocycles. The highest BCUT2D eigenvalue weighted by molar-refractivity contribution is 5.90. The molecule has 1 atom stereocenters. The van der Waals surface area contributed by atoms with Gasteiger partial charge in [-0.25, -0.2) is 15.1 Å². The summed E-state index contributed by atoms with van der Waals surface area (Å²) in [4.78, 5) is 40.2. The second-order valence-corrected chi connectivity index (χ2v) is 5.06. The monoisotopic (exact) mass is 309 g/mol. The van der Waals surface area contributed by atoms with Crippen molar-refractivity contribution in [2.24, 2.45) is 14.1 Å². The number of aromatic nitrogens is 2. The van der Waals surface area contributed by atoms with Gasteiger partial charge < -0.3 is 9.30 Å². The molecule has 0 unspecified atom stereocenters. The lowest BCUT2D eigenvalue weighted by molar-refractivity contribution is -0.198. The summed E-state index contributed by atoms with van der Waals surface area (Å²) in [7, 11) is 2.91. The molecule has 120 valence electrons. The quantitative estimate of drug-likeness (QED) is 0.607. The molecule has 22 heavy (non-hydrogen) atoms. The number of nitrogens with one attached hydrogen (secondary N) is 1.